The predicted molar refractivity (Wildman–Crippen MR) is 72.6 cm³/mol. The third-order valence-corrected chi connectivity index (χ3v) is 3.71. The Morgan fingerprint density at radius 1 is 1.56 bits per heavy atom. The maximum absolute atomic E-state index is 11.7. The van der Waals surface area contributed by atoms with Gasteiger partial charge in [-0.2, -0.15) is 0 Å². The molecule has 0 aliphatic carbocycles. The quantitative estimate of drug-likeness (QED) is 0.809. The van der Waals surface area contributed by atoms with Gasteiger partial charge in [-0.1, -0.05) is 0 Å². The van der Waals surface area contributed by atoms with Gasteiger partial charge in [0, 0.05) is 11.9 Å². The van der Waals surface area contributed by atoms with Crippen LogP contribution >= 0.6 is 33.9 Å². The molecule has 0 aliphatic rings. The minimum Gasteiger partial charge on any atom is -0.355 e. The van der Waals surface area contributed by atoms with Gasteiger partial charge in [-0.3, -0.25) is 9.59 Å². The molecule has 6 heteroatoms. The monoisotopic (exact) mass is 352 g/mol. The summed E-state index contributed by atoms with van der Waals surface area (Å²) in [5.74, 6) is -0.376. The lowest BCUT2D eigenvalue weighted by Crippen LogP contribution is -2.44. The largest absolute Gasteiger partial charge is 0.355 e. The highest BCUT2D eigenvalue weighted by molar-refractivity contribution is 14.1. The minimum atomic E-state index is -0.509. The number of rotatable bonds is 4. The number of likely N-dealkylation sites (N-methyl/N-ethyl adjacent to an activating group) is 1. The molecular weight excluding hydrogens is 339 g/mol. The van der Waals surface area contributed by atoms with E-state index in [4.69, 9.17) is 0 Å². The van der Waals surface area contributed by atoms with Crippen molar-refractivity contribution in [3.05, 3.63) is 19.9 Å². The summed E-state index contributed by atoms with van der Waals surface area (Å²) in [6.45, 7) is 4.07. The smallest absolute Gasteiger partial charge is 0.252 e. The van der Waals surface area contributed by atoms with Gasteiger partial charge in [0.2, 0.25) is 5.91 Å². The molecule has 1 aromatic heterocycles. The van der Waals surface area contributed by atoms with Crippen LogP contribution in [0.4, 0.5) is 0 Å². The number of carbonyl (C=O) groups excluding carboxylic acids is 2. The Morgan fingerprint density at radius 2 is 2.25 bits per heavy atom. The third-order valence-electron chi connectivity index (χ3n) is 1.92. The van der Waals surface area contributed by atoms with Gasteiger partial charge >= 0.3 is 0 Å². The fraction of sp³-hybridized carbons (Fsp3) is 0.400. The van der Waals surface area contributed by atoms with Crippen molar-refractivity contribution >= 4 is 45.7 Å². The van der Waals surface area contributed by atoms with Gasteiger partial charge in [-0.05, 0) is 42.5 Å². The molecule has 1 rings (SSSR count). The van der Waals surface area contributed by atoms with Crippen molar-refractivity contribution < 1.29 is 9.59 Å². The average Bonchev–Trinajstić information content (AvgIpc) is 2.65. The lowest BCUT2D eigenvalue weighted by molar-refractivity contribution is -0.122. The first kappa shape index (κ1) is 13.4. The van der Waals surface area contributed by atoms with Gasteiger partial charge in [-0.25, -0.2) is 0 Å². The summed E-state index contributed by atoms with van der Waals surface area (Å²) in [7, 11) is 0. The molecule has 4 nitrogen and oxygen atoms in total. The van der Waals surface area contributed by atoms with Crippen LogP contribution in [-0.2, 0) is 4.79 Å². The number of hydrogen-bond donors (Lipinski definition) is 2. The number of hydrogen-bond acceptors (Lipinski definition) is 3. The summed E-state index contributed by atoms with van der Waals surface area (Å²) < 4.78 is 1.05. The Labute approximate surface area is 112 Å². The van der Waals surface area contributed by atoms with Gasteiger partial charge in [0.1, 0.15) is 6.04 Å². The molecule has 1 heterocycles. The second kappa shape index (κ2) is 6.19. The number of carbonyl (C=O) groups is 2. The van der Waals surface area contributed by atoms with E-state index >= 15 is 0 Å². The highest BCUT2D eigenvalue weighted by Gasteiger charge is 2.16. The molecular formula is C10H13IN2O2S. The molecule has 16 heavy (non-hydrogen) atoms. The zero-order valence-electron chi connectivity index (χ0n) is 9.04. The summed E-state index contributed by atoms with van der Waals surface area (Å²) in [4.78, 5) is 23.1. The maximum atomic E-state index is 11.7. The molecule has 0 saturated heterocycles. The lowest BCUT2D eigenvalue weighted by atomic mass is 10.2. The molecule has 0 radical (unpaired) electrons. The predicted octanol–water partition coefficient (Wildman–Crippen LogP) is 1.61. The van der Waals surface area contributed by atoms with Gasteiger partial charge in [0.25, 0.3) is 5.91 Å². The second-order valence-corrected chi connectivity index (χ2v) is 6.03. The number of amides is 2. The van der Waals surface area contributed by atoms with Crippen molar-refractivity contribution in [1.82, 2.24) is 10.6 Å². The molecule has 2 N–H and O–H groups in total. The van der Waals surface area contributed by atoms with E-state index in [9.17, 15) is 9.59 Å². The van der Waals surface area contributed by atoms with Crippen molar-refractivity contribution in [3.8, 4) is 0 Å². The Balaban J connectivity index is 2.54. The van der Waals surface area contributed by atoms with Crippen molar-refractivity contribution in [2.75, 3.05) is 6.54 Å². The fourth-order valence-corrected chi connectivity index (χ4v) is 2.43. The molecule has 0 fully saturated rings. The van der Waals surface area contributed by atoms with Gasteiger partial charge < -0.3 is 10.6 Å². The van der Waals surface area contributed by atoms with Crippen LogP contribution in [0.25, 0.3) is 0 Å². The van der Waals surface area contributed by atoms with Crippen LogP contribution < -0.4 is 10.6 Å². The first-order valence-corrected chi connectivity index (χ1v) is 6.83. The van der Waals surface area contributed by atoms with Crippen molar-refractivity contribution in [2.24, 2.45) is 0 Å². The average molecular weight is 352 g/mol. The summed E-state index contributed by atoms with van der Waals surface area (Å²) in [6, 6.07) is 1.29. The minimum absolute atomic E-state index is 0.166. The SMILES string of the molecule is CCNC(=O)C(C)NC(=O)c1csc(I)c1. The van der Waals surface area contributed by atoms with E-state index in [-0.39, 0.29) is 11.8 Å². The Kier molecular flexibility index (Phi) is 5.20. The van der Waals surface area contributed by atoms with Crippen molar-refractivity contribution in [2.45, 2.75) is 19.9 Å². The Morgan fingerprint density at radius 3 is 2.75 bits per heavy atom. The summed E-state index contributed by atoms with van der Waals surface area (Å²) in [5.41, 5.74) is 0.602. The van der Waals surface area contributed by atoms with Gasteiger partial charge in [-0.15, -0.1) is 11.3 Å². The van der Waals surface area contributed by atoms with E-state index in [1.165, 1.54) is 11.3 Å². The van der Waals surface area contributed by atoms with E-state index in [0.717, 1.165) is 2.88 Å². The zero-order chi connectivity index (χ0) is 12.1. The third kappa shape index (κ3) is 3.75. The topological polar surface area (TPSA) is 58.2 Å². The normalized spacial score (nSPS) is 11.9. The summed E-state index contributed by atoms with van der Waals surface area (Å²) in [5, 5.41) is 7.08. The molecule has 1 unspecified atom stereocenters. The van der Waals surface area contributed by atoms with Gasteiger partial charge in [0.15, 0.2) is 0 Å². The van der Waals surface area contributed by atoms with Crippen LogP contribution in [0.5, 0.6) is 0 Å². The fourth-order valence-electron chi connectivity index (χ4n) is 1.10. The standard InChI is InChI=1S/C10H13IN2O2S/c1-3-12-9(14)6(2)13-10(15)7-4-8(11)16-5-7/h4-6H,3H2,1-2H3,(H,12,14)(H,13,15). The van der Waals surface area contributed by atoms with E-state index in [1.54, 1.807) is 18.4 Å². The Bertz CT molecular complexity index is 392. The van der Waals surface area contributed by atoms with Crippen LogP contribution in [0.2, 0.25) is 0 Å². The first-order valence-electron chi connectivity index (χ1n) is 4.87. The van der Waals surface area contributed by atoms with E-state index in [1.807, 2.05) is 6.92 Å². The molecule has 0 aliphatic heterocycles. The van der Waals surface area contributed by atoms with Crippen molar-refractivity contribution in [1.29, 1.82) is 0 Å². The maximum Gasteiger partial charge on any atom is 0.252 e. The van der Waals surface area contributed by atoms with Crippen LogP contribution in [0, 0.1) is 2.88 Å². The first-order chi connectivity index (χ1) is 7.54. The molecule has 1 aromatic rings. The highest BCUT2D eigenvalue weighted by Crippen LogP contribution is 2.16. The highest BCUT2D eigenvalue weighted by atomic mass is 127. The molecule has 2 amide bonds. The molecule has 0 bridgehead atoms. The van der Waals surface area contributed by atoms with Crippen LogP contribution in [-0.4, -0.2) is 24.4 Å². The molecule has 1 atom stereocenters. The molecule has 0 saturated carbocycles. The number of nitrogens with one attached hydrogen (secondary N) is 2. The van der Waals surface area contributed by atoms with Crippen LogP contribution in [0.3, 0.4) is 0 Å². The summed E-state index contributed by atoms with van der Waals surface area (Å²) >= 11 is 3.66. The number of thiophene rings is 1. The van der Waals surface area contributed by atoms with E-state index in [0.29, 0.717) is 12.1 Å². The van der Waals surface area contributed by atoms with Crippen molar-refractivity contribution in [3.63, 3.8) is 0 Å². The van der Waals surface area contributed by atoms with E-state index in [2.05, 4.69) is 33.2 Å². The lowest BCUT2D eigenvalue weighted by Gasteiger charge is -2.12. The van der Waals surface area contributed by atoms with Crippen LogP contribution in [0.1, 0.15) is 24.2 Å². The van der Waals surface area contributed by atoms with E-state index < -0.39 is 6.04 Å². The van der Waals surface area contributed by atoms with Crippen LogP contribution in [0.15, 0.2) is 11.4 Å². The number of halogens is 1. The summed E-state index contributed by atoms with van der Waals surface area (Å²) in [6.07, 6.45) is 0. The second-order valence-electron chi connectivity index (χ2n) is 3.23. The zero-order valence-corrected chi connectivity index (χ0v) is 12.0. The molecule has 0 aromatic carbocycles. The molecule has 0 spiro atoms. The van der Waals surface area contributed by atoms with Gasteiger partial charge in [0.05, 0.1) is 8.45 Å². The molecule has 88 valence electrons. The Hall–Kier alpha value is -0.630.